The summed E-state index contributed by atoms with van der Waals surface area (Å²) < 4.78 is 4.66. The number of esters is 1. The first-order valence-corrected chi connectivity index (χ1v) is 4.83. The van der Waals surface area contributed by atoms with Gasteiger partial charge >= 0.3 is 5.97 Å². The minimum Gasteiger partial charge on any atom is -0.468 e. The molecule has 72 valence electrons. The molecule has 2 rings (SSSR count). The van der Waals surface area contributed by atoms with Gasteiger partial charge in [-0.2, -0.15) is 0 Å². The van der Waals surface area contributed by atoms with Gasteiger partial charge in [-0.15, -0.1) is 0 Å². The van der Waals surface area contributed by atoms with Crippen LogP contribution in [0.5, 0.6) is 0 Å². The van der Waals surface area contributed by atoms with Crippen LogP contribution in [-0.2, 0) is 14.3 Å². The van der Waals surface area contributed by atoms with E-state index >= 15 is 0 Å². The Hall–Kier alpha value is -0.860. The fourth-order valence-corrected chi connectivity index (χ4v) is 1.93. The number of hydrogen-bond acceptors (Lipinski definition) is 3. The summed E-state index contributed by atoms with van der Waals surface area (Å²) in [4.78, 5) is 23.1. The number of carbonyl (C=O) groups excluding carboxylic acids is 2. The Kier molecular flexibility index (Phi) is 1.90. The van der Waals surface area contributed by atoms with Crippen LogP contribution in [-0.4, -0.2) is 18.9 Å². The Bertz CT molecular complexity index is 249. The summed E-state index contributed by atoms with van der Waals surface area (Å²) in [6, 6.07) is 0. The van der Waals surface area contributed by atoms with Gasteiger partial charge < -0.3 is 4.74 Å². The van der Waals surface area contributed by atoms with Gasteiger partial charge in [-0.3, -0.25) is 9.59 Å². The summed E-state index contributed by atoms with van der Waals surface area (Å²) in [5.74, 6) is -0.0170. The third kappa shape index (κ3) is 1.18. The van der Waals surface area contributed by atoms with Gasteiger partial charge in [0.1, 0.15) is 5.41 Å². The molecule has 0 atom stereocenters. The van der Waals surface area contributed by atoms with Crippen LogP contribution in [0.25, 0.3) is 0 Å². The van der Waals surface area contributed by atoms with Gasteiger partial charge in [-0.05, 0) is 25.7 Å². The van der Waals surface area contributed by atoms with Crippen molar-refractivity contribution >= 4 is 11.8 Å². The van der Waals surface area contributed by atoms with E-state index in [1.54, 1.807) is 0 Å². The van der Waals surface area contributed by atoms with Gasteiger partial charge in [0.05, 0.1) is 7.11 Å². The Morgan fingerprint density at radius 3 is 2.23 bits per heavy atom. The highest BCUT2D eigenvalue weighted by atomic mass is 16.5. The highest BCUT2D eigenvalue weighted by molar-refractivity contribution is 6.07. The van der Waals surface area contributed by atoms with Gasteiger partial charge in [0.15, 0.2) is 5.78 Å². The topological polar surface area (TPSA) is 43.4 Å². The SMILES string of the molecule is COC(=O)C1(C(=O)C2CCC2)CC1. The van der Waals surface area contributed by atoms with Gasteiger partial charge in [-0.25, -0.2) is 0 Å². The van der Waals surface area contributed by atoms with Gasteiger partial charge in [-0.1, -0.05) is 6.42 Å². The average molecular weight is 182 g/mol. The quantitative estimate of drug-likeness (QED) is 0.488. The molecule has 2 saturated carbocycles. The van der Waals surface area contributed by atoms with Crippen LogP contribution >= 0.6 is 0 Å². The van der Waals surface area contributed by atoms with E-state index in [2.05, 4.69) is 4.74 Å². The van der Waals surface area contributed by atoms with Crippen molar-refractivity contribution in [2.45, 2.75) is 32.1 Å². The Balaban J connectivity index is 2.06. The number of ketones is 1. The number of Topliss-reactive ketones (excluding diaryl/α,β-unsaturated/α-hetero) is 1. The van der Waals surface area contributed by atoms with Crippen molar-refractivity contribution in [2.75, 3.05) is 7.11 Å². The molecule has 0 heterocycles. The molecule has 3 heteroatoms. The van der Waals surface area contributed by atoms with Crippen molar-refractivity contribution in [3.63, 3.8) is 0 Å². The fourth-order valence-electron chi connectivity index (χ4n) is 1.93. The minimum absolute atomic E-state index is 0.144. The Morgan fingerprint density at radius 2 is 1.92 bits per heavy atom. The first-order chi connectivity index (χ1) is 6.20. The van der Waals surface area contributed by atoms with Crippen LogP contribution in [0.3, 0.4) is 0 Å². The van der Waals surface area contributed by atoms with Crippen molar-refractivity contribution < 1.29 is 14.3 Å². The maximum atomic E-state index is 11.8. The molecule has 0 aromatic heterocycles. The number of methoxy groups -OCH3 is 1. The summed E-state index contributed by atoms with van der Waals surface area (Å²) in [6.45, 7) is 0. The van der Waals surface area contributed by atoms with E-state index in [4.69, 9.17) is 0 Å². The molecule has 2 aliphatic carbocycles. The smallest absolute Gasteiger partial charge is 0.319 e. The summed E-state index contributed by atoms with van der Waals surface area (Å²) in [5.41, 5.74) is -0.708. The molecule has 0 spiro atoms. The van der Waals surface area contributed by atoms with Crippen molar-refractivity contribution in [1.82, 2.24) is 0 Å². The second kappa shape index (κ2) is 2.82. The molecule has 0 unspecified atom stereocenters. The zero-order chi connectivity index (χ0) is 9.47. The molecule has 0 aliphatic heterocycles. The lowest BCUT2D eigenvalue weighted by Crippen LogP contribution is -2.35. The molecule has 3 nitrogen and oxygen atoms in total. The third-order valence-electron chi connectivity index (χ3n) is 3.27. The molecule has 2 aliphatic rings. The highest BCUT2D eigenvalue weighted by Crippen LogP contribution is 2.51. The van der Waals surface area contributed by atoms with E-state index < -0.39 is 5.41 Å². The molecule has 13 heavy (non-hydrogen) atoms. The molecule has 0 saturated heterocycles. The molecule has 0 N–H and O–H groups in total. The van der Waals surface area contributed by atoms with Crippen molar-refractivity contribution in [3.8, 4) is 0 Å². The lowest BCUT2D eigenvalue weighted by atomic mass is 9.76. The summed E-state index contributed by atoms with van der Waals surface area (Å²) in [5, 5.41) is 0. The predicted molar refractivity (Wildman–Crippen MR) is 46.0 cm³/mol. The largest absolute Gasteiger partial charge is 0.468 e. The van der Waals surface area contributed by atoms with E-state index in [0.717, 1.165) is 19.3 Å². The van der Waals surface area contributed by atoms with E-state index in [-0.39, 0.29) is 17.7 Å². The number of carbonyl (C=O) groups is 2. The van der Waals surface area contributed by atoms with Crippen LogP contribution in [0.1, 0.15) is 32.1 Å². The molecular formula is C10H14O3. The number of rotatable bonds is 3. The maximum Gasteiger partial charge on any atom is 0.319 e. The molecule has 0 aromatic carbocycles. The third-order valence-corrected chi connectivity index (χ3v) is 3.27. The molecular weight excluding hydrogens is 168 g/mol. The van der Waals surface area contributed by atoms with E-state index in [0.29, 0.717) is 12.8 Å². The first-order valence-electron chi connectivity index (χ1n) is 4.83. The molecule has 0 aromatic rings. The number of hydrogen-bond donors (Lipinski definition) is 0. The second-order valence-electron chi connectivity index (χ2n) is 4.07. The first kappa shape index (κ1) is 8.73. The maximum absolute atomic E-state index is 11.8. The van der Waals surface area contributed by atoms with Crippen LogP contribution in [0, 0.1) is 11.3 Å². The van der Waals surface area contributed by atoms with Gasteiger partial charge in [0, 0.05) is 5.92 Å². The van der Waals surface area contributed by atoms with Crippen molar-refractivity contribution in [1.29, 1.82) is 0 Å². The second-order valence-corrected chi connectivity index (χ2v) is 4.07. The van der Waals surface area contributed by atoms with E-state index in [1.165, 1.54) is 7.11 Å². The molecule has 2 fully saturated rings. The van der Waals surface area contributed by atoms with Gasteiger partial charge in [0.25, 0.3) is 0 Å². The number of ether oxygens (including phenoxy) is 1. The Labute approximate surface area is 77.4 Å². The summed E-state index contributed by atoms with van der Waals surface area (Å²) in [7, 11) is 1.36. The van der Waals surface area contributed by atoms with E-state index in [9.17, 15) is 9.59 Å². The fraction of sp³-hybridized carbons (Fsp3) is 0.800. The van der Waals surface area contributed by atoms with Crippen LogP contribution in [0.2, 0.25) is 0 Å². The lowest BCUT2D eigenvalue weighted by Gasteiger charge is -2.27. The highest BCUT2D eigenvalue weighted by Gasteiger charge is 2.59. The van der Waals surface area contributed by atoms with Crippen molar-refractivity contribution in [3.05, 3.63) is 0 Å². The zero-order valence-corrected chi connectivity index (χ0v) is 7.84. The monoisotopic (exact) mass is 182 g/mol. The van der Waals surface area contributed by atoms with Gasteiger partial charge in [0.2, 0.25) is 0 Å². The average Bonchev–Trinajstić information content (AvgIpc) is 2.80. The van der Waals surface area contributed by atoms with E-state index in [1.807, 2.05) is 0 Å². The summed E-state index contributed by atoms with van der Waals surface area (Å²) >= 11 is 0. The zero-order valence-electron chi connectivity index (χ0n) is 7.84. The van der Waals surface area contributed by atoms with Crippen molar-refractivity contribution in [2.24, 2.45) is 11.3 Å². The normalized spacial score (nSPS) is 24.7. The molecule has 0 amide bonds. The summed E-state index contributed by atoms with van der Waals surface area (Å²) in [6.07, 6.45) is 4.48. The standard InChI is InChI=1S/C10H14O3/c1-13-9(12)10(5-6-10)8(11)7-3-2-4-7/h7H,2-6H2,1H3. The lowest BCUT2D eigenvalue weighted by molar-refractivity contribution is -0.153. The van der Waals surface area contributed by atoms with Crippen LogP contribution in [0.15, 0.2) is 0 Å². The molecule has 0 bridgehead atoms. The minimum atomic E-state index is -0.708. The van der Waals surface area contributed by atoms with Crippen LogP contribution in [0.4, 0.5) is 0 Å². The van der Waals surface area contributed by atoms with Crippen LogP contribution < -0.4 is 0 Å². The Morgan fingerprint density at radius 1 is 1.31 bits per heavy atom. The predicted octanol–water partition coefficient (Wildman–Crippen LogP) is 1.31. The molecule has 0 radical (unpaired) electrons.